The monoisotopic (exact) mass is 471 g/mol. The number of esters is 1. The second kappa shape index (κ2) is 9.64. The summed E-state index contributed by atoms with van der Waals surface area (Å²) in [6.45, 7) is 7.37. The molecule has 0 unspecified atom stereocenters. The van der Waals surface area contributed by atoms with Crippen molar-refractivity contribution in [3.8, 4) is 5.82 Å². The second-order valence-electron chi connectivity index (χ2n) is 9.91. The molecule has 1 aliphatic rings. The first-order valence-electron chi connectivity index (χ1n) is 11.7. The van der Waals surface area contributed by atoms with Crippen LogP contribution in [0.5, 0.6) is 0 Å². The van der Waals surface area contributed by atoms with Crippen LogP contribution >= 0.6 is 0 Å². The molecule has 1 N–H and O–H groups in total. The highest BCUT2D eigenvalue weighted by Gasteiger charge is 2.26. The van der Waals surface area contributed by atoms with Crippen LogP contribution in [0.15, 0.2) is 30.3 Å². The molecule has 34 heavy (non-hydrogen) atoms. The number of benzene rings is 1. The molecule has 0 radical (unpaired) electrons. The van der Waals surface area contributed by atoms with E-state index in [0.29, 0.717) is 40.8 Å². The van der Waals surface area contributed by atoms with Crippen LogP contribution in [-0.4, -0.2) is 37.1 Å². The van der Waals surface area contributed by atoms with Crippen molar-refractivity contribution in [1.82, 2.24) is 19.5 Å². The van der Waals surface area contributed by atoms with Gasteiger partial charge < -0.3 is 10.1 Å². The third kappa shape index (κ3) is 5.69. The minimum atomic E-state index is -2.74. The van der Waals surface area contributed by atoms with E-state index in [1.807, 2.05) is 20.8 Å². The van der Waals surface area contributed by atoms with Gasteiger partial charge in [-0.1, -0.05) is 12.1 Å². The van der Waals surface area contributed by atoms with Crippen LogP contribution in [-0.2, 0) is 9.53 Å². The predicted molar refractivity (Wildman–Crippen MR) is 126 cm³/mol. The summed E-state index contributed by atoms with van der Waals surface area (Å²) in [4.78, 5) is 25.2. The Kier molecular flexibility index (Phi) is 6.81. The lowest BCUT2D eigenvalue weighted by molar-refractivity contribution is -0.156. The van der Waals surface area contributed by atoms with Crippen molar-refractivity contribution in [1.29, 1.82) is 0 Å². The summed E-state index contributed by atoms with van der Waals surface area (Å²) in [5.41, 5.74) is 0.597. The highest BCUT2D eigenvalue weighted by molar-refractivity contribution is 5.78. The van der Waals surface area contributed by atoms with E-state index >= 15 is 0 Å². The minimum Gasteiger partial charge on any atom is -0.460 e. The summed E-state index contributed by atoms with van der Waals surface area (Å²) in [5, 5.41) is 3.44. The van der Waals surface area contributed by atoms with Crippen LogP contribution < -0.4 is 5.32 Å². The lowest BCUT2D eigenvalue weighted by Crippen LogP contribution is -2.29. The molecule has 0 spiro atoms. The number of ether oxygens (including phenoxy) is 1. The number of hydrogen-bond acceptors (Lipinski definition) is 6. The summed E-state index contributed by atoms with van der Waals surface area (Å²) in [6, 6.07) is 8.90. The zero-order valence-electron chi connectivity index (χ0n) is 20.0. The van der Waals surface area contributed by atoms with Gasteiger partial charge in [0.25, 0.3) is 6.43 Å². The smallest absolute Gasteiger partial charge is 0.306 e. The van der Waals surface area contributed by atoms with E-state index < -0.39 is 12.0 Å². The summed E-state index contributed by atoms with van der Waals surface area (Å²) in [6.07, 6.45) is 1.31. The van der Waals surface area contributed by atoms with Crippen LogP contribution in [0, 0.1) is 12.8 Å². The number of alkyl halides is 2. The van der Waals surface area contributed by atoms with Gasteiger partial charge >= 0.3 is 5.97 Å². The molecule has 2 heterocycles. The zero-order valence-corrected chi connectivity index (χ0v) is 20.0. The molecule has 0 atom stereocenters. The summed E-state index contributed by atoms with van der Waals surface area (Å²) >= 11 is 0. The van der Waals surface area contributed by atoms with Crippen LogP contribution in [0.25, 0.3) is 16.9 Å². The van der Waals surface area contributed by atoms with Crippen molar-refractivity contribution in [2.45, 2.75) is 77.9 Å². The number of carbonyl (C=O) groups is 1. The number of hydrogen-bond donors (Lipinski definition) is 1. The molecule has 0 bridgehead atoms. The largest absolute Gasteiger partial charge is 0.460 e. The molecule has 4 rings (SSSR count). The molecule has 0 aliphatic heterocycles. The Labute approximate surface area is 198 Å². The van der Waals surface area contributed by atoms with Crippen molar-refractivity contribution in [2.24, 2.45) is 5.92 Å². The lowest BCUT2D eigenvalue weighted by atomic mass is 9.84. The average molecular weight is 472 g/mol. The Morgan fingerprint density at radius 1 is 1.15 bits per heavy atom. The van der Waals surface area contributed by atoms with E-state index in [0.717, 1.165) is 25.7 Å². The number of rotatable bonds is 6. The average Bonchev–Trinajstić information content (AvgIpc) is 3.13. The molecule has 0 saturated heterocycles. The Bertz CT molecular complexity index is 1160. The number of nitrogens with one attached hydrogen (secondary N) is 1. The Morgan fingerprint density at radius 3 is 2.53 bits per heavy atom. The van der Waals surface area contributed by atoms with Crippen LogP contribution in [0.1, 0.15) is 70.9 Å². The molecule has 1 fully saturated rings. The molecular weight excluding hydrogens is 440 g/mol. The van der Waals surface area contributed by atoms with Crippen molar-refractivity contribution in [2.75, 3.05) is 5.32 Å². The molecule has 9 heteroatoms. The van der Waals surface area contributed by atoms with Crippen LogP contribution in [0.3, 0.4) is 0 Å². The third-order valence-corrected chi connectivity index (χ3v) is 5.91. The van der Waals surface area contributed by atoms with Gasteiger partial charge in [-0.25, -0.2) is 23.7 Å². The summed E-state index contributed by atoms with van der Waals surface area (Å²) in [5.74, 6) is 1.25. The van der Waals surface area contributed by atoms with E-state index in [1.54, 1.807) is 37.3 Å². The van der Waals surface area contributed by atoms with Crippen molar-refractivity contribution >= 4 is 22.8 Å². The first-order chi connectivity index (χ1) is 16.1. The van der Waals surface area contributed by atoms with Gasteiger partial charge in [0, 0.05) is 18.5 Å². The zero-order chi connectivity index (χ0) is 24.5. The van der Waals surface area contributed by atoms with E-state index in [2.05, 4.69) is 20.3 Å². The third-order valence-electron chi connectivity index (χ3n) is 5.91. The number of fused-ring (bicyclic) bond motifs is 1. The maximum atomic E-state index is 13.8. The maximum absolute atomic E-state index is 13.8. The van der Waals surface area contributed by atoms with Gasteiger partial charge in [0.1, 0.15) is 23.1 Å². The molecule has 2 aromatic heterocycles. The van der Waals surface area contributed by atoms with Crippen molar-refractivity contribution in [3.05, 3.63) is 42.0 Å². The minimum absolute atomic E-state index is 0.151. The molecule has 7 nitrogen and oxygen atoms in total. The van der Waals surface area contributed by atoms with Gasteiger partial charge in [-0.2, -0.15) is 0 Å². The number of para-hydroxylation sites is 2. The highest BCUT2D eigenvalue weighted by Crippen LogP contribution is 2.31. The molecule has 1 aliphatic carbocycles. The first-order valence-corrected chi connectivity index (χ1v) is 11.7. The van der Waals surface area contributed by atoms with Crippen molar-refractivity contribution in [3.63, 3.8) is 0 Å². The van der Waals surface area contributed by atoms with E-state index in [1.165, 1.54) is 4.57 Å². The first kappa shape index (κ1) is 24.0. The maximum Gasteiger partial charge on any atom is 0.306 e. The summed E-state index contributed by atoms with van der Waals surface area (Å²) in [7, 11) is 0. The standard InChI is InChI=1S/C25H31F2N5O2/c1-15-28-20(30-17-11-9-16(10-12-17)13-22(33)34-25(2,3)4)14-21(29-15)32-19-8-6-5-7-18(19)31-24(32)23(26)27/h5-8,14,16-17,23H,9-13H2,1-4H3,(H,28,29,30). The normalized spacial score (nSPS) is 18.9. The van der Waals surface area contributed by atoms with E-state index in [9.17, 15) is 13.6 Å². The van der Waals surface area contributed by atoms with E-state index in [4.69, 9.17) is 4.74 Å². The molecule has 1 saturated carbocycles. The van der Waals surface area contributed by atoms with E-state index in [-0.39, 0.29) is 17.8 Å². The lowest BCUT2D eigenvalue weighted by Gasteiger charge is -2.30. The second-order valence-corrected chi connectivity index (χ2v) is 9.91. The Hall–Kier alpha value is -3.10. The Morgan fingerprint density at radius 2 is 1.85 bits per heavy atom. The number of imidazole rings is 1. The van der Waals surface area contributed by atoms with Gasteiger partial charge in [-0.15, -0.1) is 0 Å². The van der Waals surface area contributed by atoms with Gasteiger partial charge in [-0.3, -0.25) is 9.36 Å². The SMILES string of the molecule is Cc1nc(NC2CCC(CC(=O)OC(C)(C)C)CC2)cc(-n2c(C(F)F)nc3ccccc32)n1. The number of aryl methyl sites for hydroxylation is 1. The number of aromatic nitrogens is 4. The van der Waals surface area contributed by atoms with Crippen LogP contribution in [0.4, 0.5) is 14.6 Å². The Balaban J connectivity index is 1.47. The fourth-order valence-electron chi connectivity index (χ4n) is 4.51. The van der Waals surface area contributed by atoms with Gasteiger partial charge in [0.2, 0.25) is 0 Å². The number of halogens is 2. The van der Waals surface area contributed by atoms with Crippen LogP contribution in [0.2, 0.25) is 0 Å². The fraction of sp³-hybridized carbons (Fsp3) is 0.520. The van der Waals surface area contributed by atoms with Gasteiger partial charge in [0.15, 0.2) is 5.82 Å². The topological polar surface area (TPSA) is 81.9 Å². The molecule has 182 valence electrons. The highest BCUT2D eigenvalue weighted by atomic mass is 19.3. The molecule has 0 amide bonds. The number of nitrogens with zero attached hydrogens (tertiary/aromatic N) is 4. The molecular formula is C25H31F2N5O2. The summed E-state index contributed by atoms with van der Waals surface area (Å²) < 4.78 is 34.4. The fourth-order valence-corrected chi connectivity index (χ4v) is 4.51. The predicted octanol–water partition coefficient (Wildman–Crippen LogP) is 5.76. The van der Waals surface area contributed by atoms with Gasteiger partial charge in [0.05, 0.1) is 11.0 Å². The van der Waals surface area contributed by atoms with Gasteiger partial charge in [-0.05, 0) is 71.4 Å². The molecule has 3 aromatic rings. The van der Waals surface area contributed by atoms with Crippen molar-refractivity contribution < 1.29 is 18.3 Å². The number of anilines is 1. The molecule has 1 aromatic carbocycles. The number of carbonyl (C=O) groups excluding carboxylic acids is 1. The quantitative estimate of drug-likeness (QED) is 0.460.